The molecule has 1 saturated carbocycles. The van der Waals surface area contributed by atoms with Gasteiger partial charge in [-0.15, -0.1) is 24.0 Å². The molecular formula is C16H33IN4. The summed E-state index contributed by atoms with van der Waals surface area (Å²) in [6, 6.07) is 0. The fraction of sp³-hybridized carbons (Fsp3) is 0.938. The van der Waals surface area contributed by atoms with Crippen molar-refractivity contribution in [3.05, 3.63) is 0 Å². The molecule has 2 rings (SSSR count). The lowest BCUT2D eigenvalue weighted by Gasteiger charge is -2.34. The standard InChI is InChI=1S/C16H32N4.HI/c1-15(2,19(4)5)12-18-14(17-3)20-11-10-16(13-20)8-6-7-9-16;/h6-13H2,1-5H3,(H,17,18);1H. The Balaban J connectivity index is 0.00000220. The zero-order valence-corrected chi connectivity index (χ0v) is 16.7. The van der Waals surface area contributed by atoms with Crippen molar-refractivity contribution in [2.24, 2.45) is 10.4 Å². The summed E-state index contributed by atoms with van der Waals surface area (Å²) < 4.78 is 0. The first-order valence-electron chi connectivity index (χ1n) is 8.02. The highest BCUT2D eigenvalue weighted by atomic mass is 127. The third kappa shape index (κ3) is 4.47. The van der Waals surface area contributed by atoms with Crippen LogP contribution in [0.3, 0.4) is 0 Å². The van der Waals surface area contributed by atoms with Gasteiger partial charge in [-0.25, -0.2) is 0 Å². The van der Waals surface area contributed by atoms with Gasteiger partial charge >= 0.3 is 0 Å². The van der Waals surface area contributed by atoms with Gasteiger partial charge in [-0.3, -0.25) is 4.99 Å². The number of aliphatic imine (C=N–C) groups is 1. The average molecular weight is 408 g/mol. The van der Waals surface area contributed by atoms with Crippen molar-refractivity contribution in [3.8, 4) is 0 Å². The number of hydrogen-bond acceptors (Lipinski definition) is 2. The van der Waals surface area contributed by atoms with Gasteiger partial charge in [0.25, 0.3) is 0 Å². The van der Waals surface area contributed by atoms with Gasteiger partial charge in [0, 0.05) is 32.2 Å². The van der Waals surface area contributed by atoms with Crippen LogP contribution in [0.4, 0.5) is 0 Å². The second-order valence-corrected chi connectivity index (χ2v) is 7.49. The normalized spacial score (nSPS) is 22.0. The van der Waals surface area contributed by atoms with Gasteiger partial charge in [-0.2, -0.15) is 0 Å². The molecule has 0 aromatic rings. The summed E-state index contributed by atoms with van der Waals surface area (Å²) in [5, 5.41) is 3.57. The molecule has 5 heteroatoms. The Morgan fingerprint density at radius 1 is 1.24 bits per heavy atom. The molecule has 2 fully saturated rings. The molecule has 0 unspecified atom stereocenters. The quantitative estimate of drug-likeness (QED) is 0.443. The van der Waals surface area contributed by atoms with E-state index in [4.69, 9.17) is 0 Å². The van der Waals surface area contributed by atoms with Gasteiger partial charge < -0.3 is 15.1 Å². The van der Waals surface area contributed by atoms with Crippen LogP contribution in [0.1, 0.15) is 46.0 Å². The minimum Gasteiger partial charge on any atom is -0.354 e. The lowest BCUT2D eigenvalue weighted by atomic mass is 9.86. The molecule has 124 valence electrons. The number of guanidine groups is 1. The number of rotatable bonds is 3. The Hall–Kier alpha value is -0.0400. The Morgan fingerprint density at radius 3 is 2.38 bits per heavy atom. The zero-order valence-electron chi connectivity index (χ0n) is 14.4. The highest BCUT2D eigenvalue weighted by Crippen LogP contribution is 2.45. The van der Waals surface area contributed by atoms with Crippen molar-refractivity contribution in [2.75, 3.05) is 40.8 Å². The van der Waals surface area contributed by atoms with Crippen molar-refractivity contribution in [1.29, 1.82) is 0 Å². The maximum Gasteiger partial charge on any atom is 0.193 e. The van der Waals surface area contributed by atoms with Gasteiger partial charge in [-0.05, 0) is 52.6 Å². The molecule has 0 aromatic heterocycles. The predicted octanol–water partition coefficient (Wildman–Crippen LogP) is 2.79. The molecule has 1 spiro atoms. The Morgan fingerprint density at radius 2 is 1.86 bits per heavy atom. The number of likely N-dealkylation sites (tertiary alicyclic amines) is 1. The van der Waals surface area contributed by atoms with Crippen molar-refractivity contribution in [2.45, 2.75) is 51.5 Å². The van der Waals surface area contributed by atoms with Gasteiger partial charge in [0.05, 0.1) is 0 Å². The van der Waals surface area contributed by atoms with Crippen LogP contribution in [0, 0.1) is 5.41 Å². The summed E-state index contributed by atoms with van der Waals surface area (Å²) in [4.78, 5) is 9.23. The first-order chi connectivity index (χ1) is 9.38. The Labute approximate surface area is 147 Å². The van der Waals surface area contributed by atoms with Crippen molar-refractivity contribution in [1.82, 2.24) is 15.1 Å². The second kappa shape index (κ2) is 7.49. The van der Waals surface area contributed by atoms with Crippen LogP contribution in [0.2, 0.25) is 0 Å². The summed E-state index contributed by atoms with van der Waals surface area (Å²) in [6.07, 6.45) is 7.04. The first-order valence-corrected chi connectivity index (χ1v) is 8.02. The fourth-order valence-corrected chi connectivity index (χ4v) is 3.43. The minimum atomic E-state index is 0. The van der Waals surface area contributed by atoms with E-state index in [2.05, 4.69) is 48.1 Å². The zero-order chi connectivity index (χ0) is 14.8. The third-order valence-electron chi connectivity index (χ3n) is 5.50. The summed E-state index contributed by atoms with van der Waals surface area (Å²) in [7, 11) is 6.17. The number of halogens is 1. The largest absolute Gasteiger partial charge is 0.354 e. The van der Waals surface area contributed by atoms with E-state index in [9.17, 15) is 0 Å². The van der Waals surface area contributed by atoms with Gasteiger partial charge in [0.1, 0.15) is 0 Å². The lowest BCUT2D eigenvalue weighted by Crippen LogP contribution is -2.51. The molecule has 4 nitrogen and oxygen atoms in total. The van der Waals surface area contributed by atoms with Crippen LogP contribution < -0.4 is 5.32 Å². The summed E-state index contributed by atoms with van der Waals surface area (Å²) in [5.41, 5.74) is 0.745. The number of nitrogens with zero attached hydrogens (tertiary/aromatic N) is 3. The summed E-state index contributed by atoms with van der Waals surface area (Å²) in [6.45, 7) is 7.82. The number of nitrogens with one attached hydrogen (secondary N) is 1. The molecule has 1 N–H and O–H groups in total. The lowest BCUT2D eigenvalue weighted by molar-refractivity contribution is 0.195. The highest BCUT2D eigenvalue weighted by molar-refractivity contribution is 14.0. The van der Waals surface area contributed by atoms with Crippen molar-refractivity contribution < 1.29 is 0 Å². The van der Waals surface area contributed by atoms with E-state index in [0.29, 0.717) is 5.41 Å². The van der Waals surface area contributed by atoms with Gasteiger partial charge in [0.15, 0.2) is 5.96 Å². The van der Waals surface area contributed by atoms with E-state index in [0.717, 1.165) is 12.5 Å². The van der Waals surface area contributed by atoms with E-state index < -0.39 is 0 Å². The Kier molecular flexibility index (Phi) is 6.78. The molecule has 0 atom stereocenters. The second-order valence-electron chi connectivity index (χ2n) is 7.49. The molecule has 1 aliphatic heterocycles. The predicted molar refractivity (Wildman–Crippen MR) is 102 cm³/mol. The van der Waals surface area contributed by atoms with Gasteiger partial charge in [0.2, 0.25) is 0 Å². The van der Waals surface area contributed by atoms with E-state index in [1.165, 1.54) is 45.2 Å². The molecule has 0 amide bonds. The number of hydrogen-bond donors (Lipinski definition) is 1. The molecular weight excluding hydrogens is 375 g/mol. The van der Waals surface area contributed by atoms with Crippen LogP contribution in [0.5, 0.6) is 0 Å². The monoisotopic (exact) mass is 408 g/mol. The molecule has 1 saturated heterocycles. The molecule has 0 bridgehead atoms. The third-order valence-corrected chi connectivity index (χ3v) is 5.50. The van der Waals surface area contributed by atoms with Crippen molar-refractivity contribution in [3.63, 3.8) is 0 Å². The number of likely N-dealkylation sites (N-methyl/N-ethyl adjacent to an activating group) is 1. The van der Waals surface area contributed by atoms with E-state index in [-0.39, 0.29) is 29.5 Å². The molecule has 21 heavy (non-hydrogen) atoms. The van der Waals surface area contributed by atoms with Crippen LogP contribution in [-0.4, -0.2) is 62.1 Å². The highest BCUT2D eigenvalue weighted by Gasteiger charge is 2.41. The minimum absolute atomic E-state index is 0. The fourth-order valence-electron chi connectivity index (χ4n) is 3.43. The van der Waals surface area contributed by atoms with Gasteiger partial charge in [-0.1, -0.05) is 12.8 Å². The molecule has 0 radical (unpaired) electrons. The van der Waals surface area contributed by atoms with Crippen LogP contribution in [-0.2, 0) is 0 Å². The summed E-state index contributed by atoms with van der Waals surface area (Å²) in [5.74, 6) is 1.09. The smallest absolute Gasteiger partial charge is 0.193 e. The van der Waals surface area contributed by atoms with E-state index in [1.807, 2.05) is 7.05 Å². The SMILES string of the molecule is CN=C(NCC(C)(C)N(C)C)N1CCC2(CCCC2)C1.I. The molecule has 2 aliphatic rings. The van der Waals surface area contributed by atoms with E-state index >= 15 is 0 Å². The average Bonchev–Trinajstić information content (AvgIpc) is 3.01. The van der Waals surface area contributed by atoms with Crippen LogP contribution in [0.25, 0.3) is 0 Å². The van der Waals surface area contributed by atoms with Crippen LogP contribution in [0.15, 0.2) is 4.99 Å². The molecule has 1 heterocycles. The first kappa shape index (κ1) is 19.0. The molecule has 1 aliphatic carbocycles. The topological polar surface area (TPSA) is 30.9 Å². The maximum atomic E-state index is 4.50. The van der Waals surface area contributed by atoms with Crippen LogP contribution >= 0.6 is 24.0 Å². The Bertz CT molecular complexity index is 359. The molecule has 0 aromatic carbocycles. The maximum absolute atomic E-state index is 4.50. The van der Waals surface area contributed by atoms with E-state index in [1.54, 1.807) is 0 Å². The summed E-state index contributed by atoms with van der Waals surface area (Å²) >= 11 is 0. The van der Waals surface area contributed by atoms with Crippen molar-refractivity contribution >= 4 is 29.9 Å².